The second-order valence-electron chi connectivity index (χ2n) is 23.0. The summed E-state index contributed by atoms with van der Waals surface area (Å²) in [6.45, 7) is 25.5. The number of Topliss-reactive ketones (excluding diaryl/α,β-unsaturated/α-hetero) is 1. The Hall–Kier alpha value is -2.30. The average Bonchev–Trinajstić information content (AvgIpc) is 3.38. The van der Waals surface area contributed by atoms with E-state index in [0.717, 1.165) is 56.9 Å². The molecule has 322 valence electrons. The molecule has 0 spiro atoms. The summed E-state index contributed by atoms with van der Waals surface area (Å²) in [7, 11) is 3.75. The largest absolute Gasteiger partial charge is 0.481 e. The number of aliphatic hydroxyl groups excluding tert-OH is 1. The number of ketones is 1. The van der Waals surface area contributed by atoms with Gasteiger partial charge in [-0.2, -0.15) is 0 Å². The SMILES string of the molecule is CC(C)C1=C2[C@H]3CC[C@@H]4[C@@]5(C)CC[C@H](OC(=O)[C@H]6C[C@@H](C(=O)O)C6(C)C)C(C)(C)[C@@H]5CC[C@@]4(C)[C@]3(C)CC[C@@]2([C@@H](O)CNCC(C)(C)NC(=O)CN(C)C)CC1=O. The van der Waals surface area contributed by atoms with Gasteiger partial charge in [-0.15, -0.1) is 0 Å². The summed E-state index contributed by atoms with van der Waals surface area (Å²) in [5.41, 5.74) is 0.362. The van der Waals surface area contributed by atoms with Gasteiger partial charge in [0.2, 0.25) is 5.91 Å². The van der Waals surface area contributed by atoms with E-state index < -0.39 is 34.4 Å². The zero-order valence-corrected chi connectivity index (χ0v) is 37.7. The molecule has 0 aromatic carbocycles. The second-order valence-corrected chi connectivity index (χ2v) is 23.0. The number of hydrogen-bond donors (Lipinski definition) is 4. The number of aliphatic hydroxyl groups is 1. The van der Waals surface area contributed by atoms with Gasteiger partial charge in [0.05, 0.1) is 24.5 Å². The third-order valence-electron chi connectivity index (χ3n) is 18.0. The van der Waals surface area contributed by atoms with Crippen LogP contribution in [0.25, 0.3) is 0 Å². The Bertz CT molecular complexity index is 1660. The van der Waals surface area contributed by atoms with Crippen LogP contribution in [0, 0.1) is 68.0 Å². The van der Waals surface area contributed by atoms with Gasteiger partial charge in [-0.05, 0) is 137 Å². The number of aliphatic carboxylic acids is 1. The maximum absolute atomic E-state index is 14.1. The molecular weight excluding hydrogens is 719 g/mol. The number of carbonyl (C=O) groups excluding carboxylic acids is 3. The van der Waals surface area contributed by atoms with E-state index in [9.17, 15) is 29.4 Å². The van der Waals surface area contributed by atoms with Crippen LogP contribution >= 0.6 is 0 Å². The van der Waals surface area contributed by atoms with Gasteiger partial charge < -0.3 is 30.5 Å². The van der Waals surface area contributed by atoms with Gasteiger partial charge in [0, 0.05) is 35.9 Å². The molecule has 0 radical (unpaired) electrons. The Balaban J connectivity index is 1.22. The molecule has 10 nitrogen and oxygen atoms in total. The number of ether oxygens (including phenoxy) is 1. The van der Waals surface area contributed by atoms with E-state index in [1.807, 2.05) is 46.7 Å². The van der Waals surface area contributed by atoms with Crippen molar-refractivity contribution in [1.29, 1.82) is 0 Å². The number of esters is 1. The molecule has 6 rings (SSSR count). The van der Waals surface area contributed by atoms with E-state index in [2.05, 4.69) is 59.1 Å². The van der Waals surface area contributed by atoms with Crippen molar-refractivity contribution < 1.29 is 34.1 Å². The number of rotatable bonds is 12. The molecule has 6 aliphatic carbocycles. The first-order valence-electron chi connectivity index (χ1n) is 22.2. The van der Waals surface area contributed by atoms with Crippen molar-refractivity contribution in [2.24, 2.45) is 68.0 Å². The molecule has 11 atom stereocenters. The van der Waals surface area contributed by atoms with Crippen LogP contribution < -0.4 is 10.6 Å². The maximum atomic E-state index is 14.1. The van der Waals surface area contributed by atoms with Gasteiger partial charge in [0.1, 0.15) is 6.10 Å². The highest BCUT2D eigenvalue weighted by atomic mass is 16.5. The lowest BCUT2D eigenvalue weighted by atomic mass is 9.33. The van der Waals surface area contributed by atoms with Gasteiger partial charge in [0.15, 0.2) is 5.78 Å². The Labute approximate surface area is 343 Å². The Morgan fingerprint density at radius 3 is 2.14 bits per heavy atom. The monoisotopic (exact) mass is 796 g/mol. The van der Waals surface area contributed by atoms with Gasteiger partial charge in [-0.1, -0.05) is 67.9 Å². The Kier molecular flexibility index (Phi) is 11.4. The second kappa shape index (κ2) is 14.7. The molecule has 10 heteroatoms. The number of carbonyl (C=O) groups is 4. The number of likely N-dealkylation sites (N-methyl/N-ethyl adjacent to an activating group) is 1. The smallest absolute Gasteiger partial charge is 0.309 e. The number of nitrogens with one attached hydrogen (secondary N) is 2. The predicted molar refractivity (Wildman–Crippen MR) is 222 cm³/mol. The average molecular weight is 796 g/mol. The van der Waals surface area contributed by atoms with E-state index in [1.54, 1.807) is 0 Å². The van der Waals surface area contributed by atoms with Crippen LogP contribution in [0.5, 0.6) is 0 Å². The highest BCUT2D eigenvalue weighted by molar-refractivity contribution is 6.00. The molecule has 4 N–H and O–H groups in total. The number of carboxylic acid groups (broad SMARTS) is 1. The maximum Gasteiger partial charge on any atom is 0.309 e. The molecule has 6 aliphatic rings. The first-order valence-corrected chi connectivity index (χ1v) is 22.2. The summed E-state index contributed by atoms with van der Waals surface area (Å²) < 4.78 is 6.42. The van der Waals surface area contributed by atoms with Crippen LogP contribution in [-0.4, -0.2) is 90.2 Å². The predicted octanol–water partition coefficient (Wildman–Crippen LogP) is 7.03. The van der Waals surface area contributed by atoms with Crippen molar-refractivity contribution in [3.05, 3.63) is 11.1 Å². The quantitative estimate of drug-likeness (QED) is 0.153. The molecular formula is C47H77N3O7. The van der Waals surface area contributed by atoms with Crippen molar-refractivity contribution in [1.82, 2.24) is 15.5 Å². The minimum absolute atomic E-state index is 0.0352. The summed E-state index contributed by atoms with van der Waals surface area (Å²) in [6, 6.07) is 0. The molecule has 0 aromatic rings. The van der Waals surface area contributed by atoms with Crippen LogP contribution in [0.3, 0.4) is 0 Å². The minimum atomic E-state index is -0.835. The van der Waals surface area contributed by atoms with Crippen molar-refractivity contribution in [3.63, 3.8) is 0 Å². The number of carboxylic acids is 1. The fraction of sp³-hybridized carbons (Fsp3) is 0.872. The molecule has 0 saturated heterocycles. The minimum Gasteiger partial charge on any atom is -0.481 e. The normalized spacial score (nSPS) is 40.0. The van der Waals surface area contributed by atoms with Gasteiger partial charge in [-0.25, -0.2) is 0 Å². The van der Waals surface area contributed by atoms with Crippen LogP contribution in [-0.2, 0) is 23.9 Å². The Morgan fingerprint density at radius 2 is 1.54 bits per heavy atom. The van der Waals surface area contributed by atoms with E-state index >= 15 is 0 Å². The third-order valence-corrected chi connectivity index (χ3v) is 18.0. The summed E-state index contributed by atoms with van der Waals surface area (Å²) in [5.74, 6) is -0.640. The molecule has 1 amide bonds. The highest BCUT2D eigenvalue weighted by Gasteiger charge is 2.71. The van der Waals surface area contributed by atoms with Gasteiger partial charge >= 0.3 is 11.9 Å². The summed E-state index contributed by atoms with van der Waals surface area (Å²) in [5, 5.41) is 28.6. The van der Waals surface area contributed by atoms with Crippen molar-refractivity contribution in [2.75, 3.05) is 33.7 Å². The highest BCUT2D eigenvalue weighted by Crippen LogP contribution is 2.77. The molecule has 5 fully saturated rings. The number of amides is 1. The van der Waals surface area contributed by atoms with Crippen molar-refractivity contribution in [3.8, 4) is 0 Å². The number of hydrogen-bond acceptors (Lipinski definition) is 8. The zero-order chi connectivity index (χ0) is 42.5. The molecule has 0 unspecified atom stereocenters. The van der Waals surface area contributed by atoms with Crippen LogP contribution in [0.1, 0.15) is 140 Å². The topological polar surface area (TPSA) is 145 Å². The number of allylic oxidation sites excluding steroid dienone is 1. The summed E-state index contributed by atoms with van der Waals surface area (Å²) >= 11 is 0. The summed E-state index contributed by atoms with van der Waals surface area (Å²) in [6.07, 6.45) is 7.56. The number of nitrogens with zero attached hydrogens (tertiary/aromatic N) is 1. The lowest BCUT2D eigenvalue weighted by Gasteiger charge is -2.72. The first-order chi connectivity index (χ1) is 26.2. The molecule has 0 bridgehead atoms. The molecule has 0 aromatic heterocycles. The van der Waals surface area contributed by atoms with Gasteiger partial charge in [-0.3, -0.25) is 19.2 Å². The molecule has 57 heavy (non-hydrogen) atoms. The molecule has 0 heterocycles. The number of fused-ring (bicyclic) bond motifs is 7. The van der Waals surface area contributed by atoms with Crippen LogP contribution in [0.4, 0.5) is 0 Å². The summed E-state index contributed by atoms with van der Waals surface area (Å²) in [4.78, 5) is 53.9. The van der Waals surface area contributed by atoms with Crippen LogP contribution in [0.2, 0.25) is 0 Å². The van der Waals surface area contributed by atoms with Crippen molar-refractivity contribution in [2.45, 2.75) is 158 Å². The van der Waals surface area contributed by atoms with Crippen molar-refractivity contribution >= 4 is 23.6 Å². The fourth-order valence-corrected chi connectivity index (χ4v) is 14.7. The Morgan fingerprint density at radius 1 is 0.877 bits per heavy atom. The third kappa shape index (κ3) is 6.95. The zero-order valence-electron chi connectivity index (χ0n) is 37.7. The van der Waals surface area contributed by atoms with Crippen LogP contribution in [0.15, 0.2) is 11.1 Å². The van der Waals surface area contributed by atoms with E-state index in [0.29, 0.717) is 44.3 Å². The molecule has 5 saturated carbocycles. The lowest BCUT2D eigenvalue weighted by Crippen LogP contribution is -2.66. The lowest BCUT2D eigenvalue weighted by molar-refractivity contribution is -0.238. The van der Waals surface area contributed by atoms with E-state index in [4.69, 9.17) is 4.74 Å². The van der Waals surface area contributed by atoms with E-state index in [1.165, 1.54) is 5.57 Å². The first kappa shape index (κ1) is 44.3. The van der Waals surface area contributed by atoms with E-state index in [-0.39, 0.29) is 63.2 Å². The van der Waals surface area contributed by atoms with Gasteiger partial charge in [0.25, 0.3) is 0 Å². The standard InChI is InChI=1S/C47H77N3O7/c1-27(2)37-31(51)23-47(34(52)24-48-26-41(3,4)49-36(53)25-50(12)13)21-20-45(10)28(38(37)47)14-15-33-44(9)18-17-35(43(7,8)32(44)16-19-46(33,45)11)57-40(56)30-22-29(39(54)55)42(30,5)6/h27-30,32-35,48,52H,14-26H2,1-13H3,(H,49,53)(H,54,55)/t28-,29+,30-,32+,33-,34+,35+,44+,45-,46-,47+/m1/s1. The fourth-order valence-electron chi connectivity index (χ4n) is 14.7. The molecule has 0 aliphatic heterocycles.